The van der Waals surface area contributed by atoms with Gasteiger partial charge >= 0.3 is 6.03 Å². The summed E-state index contributed by atoms with van der Waals surface area (Å²) in [5.74, 6) is 0. The van der Waals surface area contributed by atoms with Crippen LogP contribution in [0.5, 0.6) is 0 Å². The second-order valence-corrected chi connectivity index (χ2v) is 9.17. The fourth-order valence-electron chi connectivity index (χ4n) is 4.89. The van der Waals surface area contributed by atoms with Crippen LogP contribution < -0.4 is 10.2 Å². The fourth-order valence-corrected chi connectivity index (χ4v) is 4.89. The number of rotatable bonds is 3. The lowest BCUT2D eigenvalue weighted by Crippen LogP contribution is -2.52. The van der Waals surface area contributed by atoms with Gasteiger partial charge in [0.25, 0.3) is 0 Å². The Morgan fingerprint density at radius 2 is 1.53 bits per heavy atom. The van der Waals surface area contributed by atoms with E-state index < -0.39 is 0 Å². The van der Waals surface area contributed by atoms with Crippen molar-refractivity contribution in [1.29, 1.82) is 0 Å². The molecule has 30 heavy (non-hydrogen) atoms. The predicted octanol–water partition coefficient (Wildman–Crippen LogP) is 2.07. The molecule has 0 aromatic heterocycles. The van der Waals surface area contributed by atoms with Crippen molar-refractivity contribution in [3.8, 4) is 0 Å². The van der Waals surface area contributed by atoms with Crippen LogP contribution in [0.2, 0.25) is 0 Å². The van der Waals surface area contributed by atoms with Gasteiger partial charge in [0.2, 0.25) is 0 Å². The van der Waals surface area contributed by atoms with Gasteiger partial charge in [0, 0.05) is 71.5 Å². The summed E-state index contributed by atoms with van der Waals surface area (Å²) in [5.41, 5.74) is 2.08. The van der Waals surface area contributed by atoms with Crippen molar-refractivity contribution >= 4 is 17.4 Å². The second-order valence-electron chi connectivity index (χ2n) is 9.17. The van der Waals surface area contributed by atoms with E-state index in [0.29, 0.717) is 6.04 Å². The number of carbonyl (C=O) groups excluding carboxylic acids is 1. The lowest BCUT2D eigenvalue weighted by molar-refractivity contribution is 0.0948. The van der Waals surface area contributed by atoms with Gasteiger partial charge in [0.1, 0.15) is 0 Å². The van der Waals surface area contributed by atoms with Gasteiger partial charge < -0.3 is 24.9 Å². The van der Waals surface area contributed by atoms with Gasteiger partial charge in [-0.25, -0.2) is 4.79 Å². The molecule has 2 amide bonds. The Labute approximate surface area is 181 Å². The Balaban J connectivity index is 1.40. The van der Waals surface area contributed by atoms with Crippen molar-refractivity contribution < 1.29 is 4.79 Å². The summed E-state index contributed by atoms with van der Waals surface area (Å²) < 4.78 is 0. The minimum absolute atomic E-state index is 0.0533. The molecule has 3 saturated heterocycles. The number of piperazine rings is 2. The number of urea groups is 1. The number of likely N-dealkylation sites (tertiary alicyclic amines) is 1. The van der Waals surface area contributed by atoms with Crippen molar-refractivity contribution in [3.63, 3.8) is 0 Å². The molecule has 1 atom stereocenters. The van der Waals surface area contributed by atoms with E-state index in [1.807, 2.05) is 12.1 Å². The normalized spacial score (nSPS) is 25.2. The van der Waals surface area contributed by atoms with Crippen molar-refractivity contribution in [2.24, 2.45) is 0 Å². The number of hydrogen-bond donors (Lipinski definition) is 1. The number of amides is 2. The van der Waals surface area contributed by atoms with Crippen LogP contribution in [0.15, 0.2) is 24.3 Å². The molecular weight excluding hydrogens is 376 g/mol. The number of hydrogen-bond acceptors (Lipinski definition) is 5. The zero-order valence-corrected chi connectivity index (χ0v) is 18.7. The summed E-state index contributed by atoms with van der Waals surface area (Å²) in [7, 11) is 4.36. The van der Waals surface area contributed by atoms with Crippen molar-refractivity contribution in [2.45, 2.75) is 25.3 Å². The first-order chi connectivity index (χ1) is 14.6. The highest BCUT2D eigenvalue weighted by atomic mass is 16.2. The summed E-state index contributed by atoms with van der Waals surface area (Å²) in [6.07, 6.45) is 3.50. The Bertz CT molecular complexity index is 697. The molecule has 0 unspecified atom stereocenters. The highest BCUT2D eigenvalue weighted by molar-refractivity contribution is 5.93. The standard InChI is InChI=1S/C23H38N6O/c1-25-11-15-27(16-12-25)20-7-5-6-10-29(19-20)23(30)24-21-8-3-4-9-22(21)28-17-13-26(2)14-18-28/h3-4,8-9,20H,5-7,10-19H2,1-2H3,(H,24,30)/t20-/m1/s1. The van der Waals surface area contributed by atoms with Crippen molar-refractivity contribution in [2.75, 3.05) is 89.8 Å². The third-order valence-electron chi connectivity index (χ3n) is 6.98. The second kappa shape index (κ2) is 9.98. The zero-order chi connectivity index (χ0) is 20.9. The molecule has 166 valence electrons. The minimum atomic E-state index is 0.0533. The van der Waals surface area contributed by atoms with E-state index in [0.717, 1.165) is 83.2 Å². The van der Waals surface area contributed by atoms with Crippen LogP contribution >= 0.6 is 0 Å². The molecule has 7 heteroatoms. The number of anilines is 2. The molecule has 1 aromatic carbocycles. The van der Waals surface area contributed by atoms with E-state index in [1.165, 1.54) is 12.8 Å². The summed E-state index contributed by atoms with van der Waals surface area (Å²) in [6, 6.07) is 8.80. The smallest absolute Gasteiger partial charge is 0.321 e. The number of benzene rings is 1. The molecule has 3 aliphatic heterocycles. The summed E-state index contributed by atoms with van der Waals surface area (Å²) in [4.78, 5) is 25.0. The predicted molar refractivity (Wildman–Crippen MR) is 123 cm³/mol. The molecule has 3 fully saturated rings. The van der Waals surface area contributed by atoms with Crippen LogP contribution in [-0.4, -0.2) is 111 Å². The Hall–Kier alpha value is -1.83. The van der Waals surface area contributed by atoms with E-state index in [-0.39, 0.29) is 6.03 Å². The van der Waals surface area contributed by atoms with Gasteiger partial charge in [-0.15, -0.1) is 0 Å². The Morgan fingerprint density at radius 1 is 0.867 bits per heavy atom. The number of nitrogens with zero attached hydrogens (tertiary/aromatic N) is 5. The maximum Gasteiger partial charge on any atom is 0.321 e. The molecule has 0 spiro atoms. The molecule has 0 radical (unpaired) electrons. The maximum atomic E-state index is 13.2. The minimum Gasteiger partial charge on any atom is -0.367 e. The molecule has 3 aliphatic rings. The van der Waals surface area contributed by atoms with Gasteiger partial charge in [-0.3, -0.25) is 4.90 Å². The van der Waals surface area contributed by atoms with Gasteiger partial charge in [0.15, 0.2) is 0 Å². The average Bonchev–Trinajstić information content (AvgIpc) is 3.02. The van der Waals surface area contributed by atoms with Gasteiger partial charge in [-0.05, 0) is 39.1 Å². The van der Waals surface area contributed by atoms with Gasteiger partial charge in [-0.1, -0.05) is 18.6 Å². The first-order valence-corrected chi connectivity index (χ1v) is 11.6. The molecular formula is C23H38N6O. The maximum absolute atomic E-state index is 13.2. The summed E-state index contributed by atoms with van der Waals surface area (Å²) >= 11 is 0. The first kappa shape index (κ1) is 21.4. The average molecular weight is 415 g/mol. The topological polar surface area (TPSA) is 45.3 Å². The molecule has 7 nitrogen and oxygen atoms in total. The highest BCUT2D eigenvalue weighted by Gasteiger charge is 2.28. The Kier molecular flexibility index (Phi) is 7.12. The van der Waals surface area contributed by atoms with E-state index in [9.17, 15) is 4.79 Å². The van der Waals surface area contributed by atoms with Crippen LogP contribution in [0.3, 0.4) is 0 Å². The van der Waals surface area contributed by atoms with Crippen LogP contribution in [0.1, 0.15) is 19.3 Å². The van der Waals surface area contributed by atoms with Crippen LogP contribution in [0.4, 0.5) is 16.2 Å². The van der Waals surface area contributed by atoms with E-state index in [2.05, 4.69) is 56.0 Å². The van der Waals surface area contributed by atoms with Crippen LogP contribution in [0.25, 0.3) is 0 Å². The molecule has 1 aromatic rings. The number of carbonyl (C=O) groups is 1. The first-order valence-electron chi connectivity index (χ1n) is 11.6. The zero-order valence-electron chi connectivity index (χ0n) is 18.7. The van der Waals surface area contributed by atoms with E-state index >= 15 is 0 Å². The highest BCUT2D eigenvalue weighted by Crippen LogP contribution is 2.27. The third-order valence-corrected chi connectivity index (χ3v) is 6.98. The summed E-state index contributed by atoms with van der Waals surface area (Å²) in [5, 5.41) is 3.25. The van der Waals surface area contributed by atoms with Crippen molar-refractivity contribution in [1.82, 2.24) is 19.6 Å². The van der Waals surface area contributed by atoms with Gasteiger partial charge in [0.05, 0.1) is 11.4 Å². The van der Waals surface area contributed by atoms with E-state index in [4.69, 9.17) is 0 Å². The molecule has 4 rings (SSSR count). The van der Waals surface area contributed by atoms with Crippen LogP contribution in [0, 0.1) is 0 Å². The quantitative estimate of drug-likeness (QED) is 0.821. The molecule has 3 heterocycles. The lowest BCUT2D eigenvalue weighted by Gasteiger charge is -2.39. The molecule has 0 bridgehead atoms. The largest absolute Gasteiger partial charge is 0.367 e. The monoisotopic (exact) mass is 414 g/mol. The van der Waals surface area contributed by atoms with E-state index in [1.54, 1.807) is 0 Å². The Morgan fingerprint density at radius 3 is 2.27 bits per heavy atom. The lowest BCUT2D eigenvalue weighted by atomic mass is 10.1. The SMILES string of the molecule is CN1CCN(c2ccccc2NC(=O)N2CCCC[C@@H](N3CCN(C)CC3)C2)CC1. The van der Waals surface area contributed by atoms with Gasteiger partial charge in [-0.2, -0.15) is 0 Å². The molecule has 0 aliphatic carbocycles. The molecule has 0 saturated carbocycles. The number of nitrogens with one attached hydrogen (secondary N) is 1. The molecule has 1 N–H and O–H groups in total. The number of likely N-dealkylation sites (N-methyl/N-ethyl adjacent to an activating group) is 2. The van der Waals surface area contributed by atoms with Crippen molar-refractivity contribution in [3.05, 3.63) is 24.3 Å². The fraction of sp³-hybridized carbons (Fsp3) is 0.696. The summed E-state index contributed by atoms with van der Waals surface area (Å²) in [6.45, 7) is 10.3. The third kappa shape index (κ3) is 5.25. The van der Waals surface area contributed by atoms with Crippen LogP contribution in [-0.2, 0) is 0 Å². The number of para-hydroxylation sites is 2.